The fraction of sp³-hybridized carbons (Fsp3) is 0.120. The molecular formula is C25H18Cl2INO4S. The van der Waals surface area contributed by atoms with Gasteiger partial charge in [-0.2, -0.15) is 0 Å². The maximum absolute atomic E-state index is 12.9. The molecule has 0 N–H and O–H groups in total. The van der Waals surface area contributed by atoms with E-state index < -0.39 is 0 Å². The van der Waals surface area contributed by atoms with Crippen molar-refractivity contribution >= 4 is 74.8 Å². The largest absolute Gasteiger partial charge is 0.493 e. The van der Waals surface area contributed by atoms with Crippen LogP contribution >= 0.6 is 57.6 Å². The van der Waals surface area contributed by atoms with E-state index in [4.69, 9.17) is 32.7 Å². The molecule has 3 aromatic rings. The van der Waals surface area contributed by atoms with Crippen LogP contribution in [0.5, 0.6) is 11.5 Å². The summed E-state index contributed by atoms with van der Waals surface area (Å²) in [6.07, 6.45) is 1.68. The van der Waals surface area contributed by atoms with Crippen LogP contribution in [-0.2, 0) is 17.9 Å². The Balaban J connectivity index is 1.50. The molecule has 0 spiro atoms. The van der Waals surface area contributed by atoms with Crippen molar-refractivity contribution in [1.82, 2.24) is 4.90 Å². The van der Waals surface area contributed by atoms with Crippen LogP contribution in [0.3, 0.4) is 0 Å². The van der Waals surface area contributed by atoms with E-state index in [0.29, 0.717) is 37.6 Å². The normalized spacial score (nSPS) is 14.7. The second-order valence-electron chi connectivity index (χ2n) is 7.29. The minimum atomic E-state index is -0.318. The van der Waals surface area contributed by atoms with Gasteiger partial charge in [-0.3, -0.25) is 14.5 Å². The molecule has 0 radical (unpaired) electrons. The first-order valence-electron chi connectivity index (χ1n) is 10.1. The number of amides is 2. The lowest BCUT2D eigenvalue weighted by molar-refractivity contribution is -0.123. The molecule has 0 aliphatic carbocycles. The molecular weight excluding hydrogens is 608 g/mol. The summed E-state index contributed by atoms with van der Waals surface area (Å²) in [4.78, 5) is 26.9. The molecule has 1 saturated heterocycles. The Morgan fingerprint density at radius 2 is 1.71 bits per heavy atom. The molecule has 174 valence electrons. The van der Waals surface area contributed by atoms with Crippen LogP contribution in [-0.4, -0.2) is 23.2 Å². The highest BCUT2D eigenvalue weighted by Gasteiger charge is 2.35. The van der Waals surface area contributed by atoms with Crippen molar-refractivity contribution < 1.29 is 19.1 Å². The molecule has 1 heterocycles. The molecule has 1 aliphatic rings. The minimum Gasteiger partial charge on any atom is -0.493 e. The van der Waals surface area contributed by atoms with Crippen LogP contribution in [0.15, 0.2) is 65.6 Å². The van der Waals surface area contributed by atoms with Gasteiger partial charge in [-0.25, -0.2) is 0 Å². The Bertz CT molecular complexity index is 1260. The van der Waals surface area contributed by atoms with E-state index in [2.05, 4.69) is 22.6 Å². The SMILES string of the molecule is COc1cc(/C=C2\SC(=O)N(Cc3ccc(I)cc3)C2=O)ccc1OCc1c(Cl)cccc1Cl. The van der Waals surface area contributed by atoms with Gasteiger partial charge in [-0.15, -0.1) is 0 Å². The number of carbonyl (C=O) groups excluding carboxylic acids is 2. The number of thioether (sulfide) groups is 1. The number of nitrogens with zero attached hydrogens (tertiary/aromatic N) is 1. The van der Waals surface area contributed by atoms with Gasteiger partial charge < -0.3 is 9.47 Å². The average Bonchev–Trinajstić information content (AvgIpc) is 3.08. The molecule has 4 rings (SSSR count). The molecule has 1 aliphatic heterocycles. The van der Waals surface area contributed by atoms with Crippen molar-refractivity contribution in [3.63, 3.8) is 0 Å². The summed E-state index contributed by atoms with van der Waals surface area (Å²) in [5.41, 5.74) is 2.28. The summed E-state index contributed by atoms with van der Waals surface area (Å²) >= 11 is 15.6. The fourth-order valence-corrected chi connectivity index (χ4v) is 4.98. The van der Waals surface area contributed by atoms with Gasteiger partial charge in [0.1, 0.15) is 6.61 Å². The van der Waals surface area contributed by atoms with Gasteiger partial charge in [0.15, 0.2) is 11.5 Å². The summed E-state index contributed by atoms with van der Waals surface area (Å²) < 4.78 is 12.4. The van der Waals surface area contributed by atoms with Gasteiger partial charge in [0.2, 0.25) is 0 Å². The quantitative estimate of drug-likeness (QED) is 0.202. The van der Waals surface area contributed by atoms with Crippen LogP contribution in [0.2, 0.25) is 10.0 Å². The predicted octanol–water partition coefficient (Wildman–Crippen LogP) is 7.42. The highest BCUT2D eigenvalue weighted by atomic mass is 127. The van der Waals surface area contributed by atoms with E-state index in [0.717, 1.165) is 20.9 Å². The number of benzene rings is 3. The second kappa shape index (κ2) is 11.0. The number of halogens is 3. The molecule has 3 aromatic carbocycles. The van der Waals surface area contributed by atoms with Gasteiger partial charge >= 0.3 is 0 Å². The number of imide groups is 1. The third-order valence-corrected chi connectivity index (χ3v) is 7.38. The molecule has 0 atom stereocenters. The predicted molar refractivity (Wildman–Crippen MR) is 144 cm³/mol. The molecule has 34 heavy (non-hydrogen) atoms. The Hall–Kier alpha value is -2.20. The molecule has 0 unspecified atom stereocenters. The smallest absolute Gasteiger partial charge is 0.293 e. The number of methoxy groups -OCH3 is 1. The van der Waals surface area contributed by atoms with Crippen LogP contribution < -0.4 is 9.47 Å². The van der Waals surface area contributed by atoms with E-state index >= 15 is 0 Å². The van der Waals surface area contributed by atoms with Gasteiger partial charge in [-0.05, 0) is 88.0 Å². The average molecular weight is 626 g/mol. The van der Waals surface area contributed by atoms with Crippen LogP contribution in [0.25, 0.3) is 6.08 Å². The number of ether oxygens (including phenoxy) is 2. The lowest BCUT2D eigenvalue weighted by Crippen LogP contribution is -2.27. The van der Waals surface area contributed by atoms with E-state index in [1.807, 2.05) is 24.3 Å². The lowest BCUT2D eigenvalue weighted by atomic mass is 10.1. The van der Waals surface area contributed by atoms with Crippen molar-refractivity contribution in [3.05, 3.63) is 95.9 Å². The van der Waals surface area contributed by atoms with E-state index in [1.165, 1.54) is 12.0 Å². The van der Waals surface area contributed by atoms with E-state index in [1.54, 1.807) is 42.5 Å². The maximum Gasteiger partial charge on any atom is 0.293 e. The number of hydrogen-bond donors (Lipinski definition) is 0. The highest BCUT2D eigenvalue weighted by Crippen LogP contribution is 2.36. The zero-order valence-electron chi connectivity index (χ0n) is 17.9. The zero-order valence-corrected chi connectivity index (χ0v) is 22.4. The van der Waals surface area contributed by atoms with Crippen LogP contribution in [0, 0.1) is 3.57 Å². The van der Waals surface area contributed by atoms with Crippen molar-refractivity contribution in [2.45, 2.75) is 13.2 Å². The summed E-state index contributed by atoms with van der Waals surface area (Å²) in [7, 11) is 1.53. The van der Waals surface area contributed by atoms with Crippen LogP contribution in [0.4, 0.5) is 4.79 Å². The first-order chi connectivity index (χ1) is 16.4. The number of rotatable bonds is 7. The Labute approximate surface area is 225 Å². The van der Waals surface area contributed by atoms with E-state index in [9.17, 15) is 9.59 Å². The molecule has 0 bridgehead atoms. The molecule has 0 saturated carbocycles. The zero-order chi connectivity index (χ0) is 24.2. The molecule has 9 heteroatoms. The maximum atomic E-state index is 12.9. The van der Waals surface area contributed by atoms with Crippen molar-refractivity contribution in [2.24, 2.45) is 0 Å². The standard InChI is InChI=1S/C25H18Cl2INO4S/c1-32-22-11-16(7-10-21(22)33-14-18-19(26)3-2-4-20(18)27)12-23-24(30)29(25(31)34-23)13-15-5-8-17(28)9-6-15/h2-12H,13-14H2,1H3/b23-12-. The van der Waals surface area contributed by atoms with Crippen LogP contribution in [0.1, 0.15) is 16.7 Å². The summed E-state index contributed by atoms with van der Waals surface area (Å²) in [6, 6.07) is 18.3. The van der Waals surface area contributed by atoms with Gasteiger partial charge in [-0.1, -0.05) is 47.5 Å². The van der Waals surface area contributed by atoms with Crippen molar-refractivity contribution in [1.29, 1.82) is 0 Å². The minimum absolute atomic E-state index is 0.172. The lowest BCUT2D eigenvalue weighted by Gasteiger charge is -2.13. The van der Waals surface area contributed by atoms with E-state index in [-0.39, 0.29) is 24.3 Å². The third kappa shape index (κ3) is 5.71. The Morgan fingerprint density at radius 3 is 2.38 bits per heavy atom. The first-order valence-corrected chi connectivity index (χ1v) is 12.7. The molecule has 0 aromatic heterocycles. The first kappa shape index (κ1) is 24.9. The summed E-state index contributed by atoms with van der Waals surface area (Å²) in [5.74, 6) is 0.665. The topological polar surface area (TPSA) is 55.8 Å². The fourth-order valence-electron chi connectivity index (χ4n) is 3.27. The van der Waals surface area contributed by atoms with Crippen molar-refractivity contribution in [2.75, 3.05) is 7.11 Å². The molecule has 1 fully saturated rings. The van der Waals surface area contributed by atoms with Gasteiger partial charge in [0, 0.05) is 19.2 Å². The summed E-state index contributed by atoms with van der Waals surface area (Å²) in [5, 5.41) is 0.742. The summed E-state index contributed by atoms with van der Waals surface area (Å²) in [6.45, 7) is 0.408. The highest BCUT2D eigenvalue weighted by molar-refractivity contribution is 14.1. The number of carbonyl (C=O) groups is 2. The third-order valence-electron chi connectivity index (χ3n) is 5.05. The molecule has 5 nitrogen and oxygen atoms in total. The second-order valence-corrected chi connectivity index (χ2v) is 10.3. The molecule has 2 amide bonds. The van der Waals surface area contributed by atoms with Crippen molar-refractivity contribution in [3.8, 4) is 11.5 Å². The van der Waals surface area contributed by atoms with Gasteiger partial charge in [0.05, 0.1) is 18.6 Å². The Morgan fingerprint density at radius 1 is 1.00 bits per heavy atom. The van der Waals surface area contributed by atoms with Gasteiger partial charge in [0.25, 0.3) is 11.1 Å². The monoisotopic (exact) mass is 625 g/mol. The Kier molecular flexibility index (Phi) is 8.08. The number of hydrogen-bond acceptors (Lipinski definition) is 5.